The number of rotatable bonds is 7. The highest BCUT2D eigenvalue weighted by Gasteiger charge is 2.06. The molecule has 17 heavy (non-hydrogen) atoms. The van der Waals surface area contributed by atoms with Gasteiger partial charge in [0.15, 0.2) is 0 Å². The Bertz CT molecular complexity index is 380. The first kappa shape index (κ1) is 13.9. The quantitative estimate of drug-likeness (QED) is 0.577. The number of aliphatic hydroxyl groups is 1. The third kappa shape index (κ3) is 4.71. The average Bonchev–Trinajstić information content (AvgIpc) is 2.30. The van der Waals surface area contributed by atoms with Crippen molar-refractivity contribution in [2.75, 3.05) is 13.2 Å². The van der Waals surface area contributed by atoms with Crippen LogP contribution in [0.4, 0.5) is 0 Å². The van der Waals surface area contributed by atoms with Crippen LogP contribution >= 0.6 is 12.2 Å². The molecule has 1 aromatic rings. The van der Waals surface area contributed by atoms with Crippen LogP contribution < -0.4 is 10.5 Å². The Morgan fingerprint density at radius 1 is 1.35 bits per heavy atom. The van der Waals surface area contributed by atoms with Crippen LogP contribution in [0.5, 0.6) is 5.75 Å². The zero-order valence-corrected chi connectivity index (χ0v) is 10.9. The summed E-state index contributed by atoms with van der Waals surface area (Å²) in [5, 5.41) is 8.66. The summed E-state index contributed by atoms with van der Waals surface area (Å²) in [6.45, 7) is 2.86. The molecular weight excluding hydrogens is 234 g/mol. The Hall–Kier alpha value is -1.13. The lowest BCUT2D eigenvalue weighted by Gasteiger charge is -2.11. The zero-order chi connectivity index (χ0) is 12.7. The van der Waals surface area contributed by atoms with Crippen LogP contribution in [0.15, 0.2) is 18.2 Å². The second-order valence-electron chi connectivity index (χ2n) is 4.00. The molecule has 0 amide bonds. The maximum atomic E-state index is 8.66. The summed E-state index contributed by atoms with van der Waals surface area (Å²) in [5.74, 6) is 0.743. The van der Waals surface area contributed by atoms with E-state index < -0.39 is 0 Å². The molecule has 0 atom stereocenters. The number of thiocarbonyl (C=S) groups is 1. The first-order chi connectivity index (χ1) is 8.15. The molecule has 0 saturated heterocycles. The van der Waals surface area contributed by atoms with E-state index in [9.17, 15) is 0 Å². The Morgan fingerprint density at radius 3 is 2.76 bits per heavy atom. The topological polar surface area (TPSA) is 55.5 Å². The van der Waals surface area contributed by atoms with E-state index in [0.29, 0.717) is 11.6 Å². The molecule has 3 N–H and O–H groups in total. The van der Waals surface area contributed by atoms with E-state index in [1.165, 1.54) is 0 Å². The van der Waals surface area contributed by atoms with Crippen LogP contribution in [0.1, 0.15) is 30.4 Å². The Labute approximate surface area is 108 Å². The third-order valence-electron chi connectivity index (χ3n) is 2.46. The smallest absolute Gasteiger partial charge is 0.129 e. The van der Waals surface area contributed by atoms with Crippen molar-refractivity contribution >= 4 is 17.2 Å². The fraction of sp³-hybridized carbons (Fsp3) is 0.462. The van der Waals surface area contributed by atoms with Gasteiger partial charge in [0.1, 0.15) is 10.7 Å². The van der Waals surface area contributed by atoms with Gasteiger partial charge in [-0.2, -0.15) is 0 Å². The molecule has 0 fully saturated rings. The lowest BCUT2D eigenvalue weighted by molar-refractivity contribution is 0.266. The third-order valence-corrected chi connectivity index (χ3v) is 2.68. The molecule has 0 aliphatic heterocycles. The molecule has 0 aromatic heterocycles. The summed E-state index contributed by atoms with van der Waals surface area (Å²) >= 11 is 4.99. The van der Waals surface area contributed by atoms with Gasteiger partial charge < -0.3 is 15.6 Å². The van der Waals surface area contributed by atoms with Crippen molar-refractivity contribution in [3.63, 3.8) is 0 Å². The van der Waals surface area contributed by atoms with Gasteiger partial charge in [-0.1, -0.05) is 23.8 Å². The number of ether oxygens (including phenoxy) is 1. The van der Waals surface area contributed by atoms with E-state index >= 15 is 0 Å². The average molecular weight is 253 g/mol. The van der Waals surface area contributed by atoms with Crippen molar-refractivity contribution in [2.45, 2.75) is 26.2 Å². The van der Waals surface area contributed by atoms with Crippen LogP contribution in [-0.2, 0) is 0 Å². The summed E-state index contributed by atoms with van der Waals surface area (Å²) in [6.07, 6.45) is 2.70. The van der Waals surface area contributed by atoms with Gasteiger partial charge in [-0.15, -0.1) is 0 Å². The van der Waals surface area contributed by atoms with E-state index in [1.54, 1.807) is 0 Å². The summed E-state index contributed by atoms with van der Waals surface area (Å²) in [6, 6.07) is 5.81. The van der Waals surface area contributed by atoms with Crippen molar-refractivity contribution in [1.29, 1.82) is 0 Å². The van der Waals surface area contributed by atoms with Gasteiger partial charge >= 0.3 is 0 Å². The van der Waals surface area contributed by atoms with Crippen molar-refractivity contribution in [3.8, 4) is 5.75 Å². The predicted octanol–water partition coefficient (Wildman–Crippen LogP) is 2.17. The second kappa shape index (κ2) is 7.25. The Kier molecular flexibility index (Phi) is 5.94. The highest BCUT2D eigenvalue weighted by molar-refractivity contribution is 7.80. The molecule has 0 unspecified atom stereocenters. The van der Waals surface area contributed by atoms with E-state index in [2.05, 4.69) is 0 Å². The summed E-state index contributed by atoms with van der Waals surface area (Å²) in [5.41, 5.74) is 7.56. The van der Waals surface area contributed by atoms with Crippen LogP contribution in [-0.4, -0.2) is 23.3 Å². The number of benzene rings is 1. The summed E-state index contributed by atoms with van der Waals surface area (Å²) < 4.78 is 5.65. The number of aryl methyl sites for hydroxylation is 1. The number of unbranched alkanes of at least 4 members (excludes halogenated alkanes) is 2. The number of hydrogen-bond acceptors (Lipinski definition) is 3. The Balaban J connectivity index is 2.55. The Morgan fingerprint density at radius 2 is 2.12 bits per heavy atom. The monoisotopic (exact) mass is 253 g/mol. The fourth-order valence-corrected chi connectivity index (χ4v) is 1.69. The van der Waals surface area contributed by atoms with Gasteiger partial charge in [0.25, 0.3) is 0 Å². The highest BCUT2D eigenvalue weighted by atomic mass is 32.1. The number of hydrogen-bond donors (Lipinski definition) is 2. The normalized spacial score (nSPS) is 10.2. The highest BCUT2D eigenvalue weighted by Crippen LogP contribution is 2.20. The van der Waals surface area contributed by atoms with Crippen LogP contribution in [0.3, 0.4) is 0 Å². The molecule has 1 rings (SSSR count). The van der Waals surface area contributed by atoms with Crippen LogP contribution in [0.25, 0.3) is 0 Å². The summed E-state index contributed by atoms with van der Waals surface area (Å²) in [7, 11) is 0. The standard InChI is InChI=1S/C13H19NO2S/c1-10-5-6-12(11(9-10)13(14)17)16-8-4-2-3-7-15/h5-6,9,15H,2-4,7-8H2,1H3,(H2,14,17). The van der Waals surface area contributed by atoms with E-state index in [4.69, 9.17) is 27.8 Å². The molecule has 0 saturated carbocycles. The van der Waals surface area contributed by atoms with Crippen molar-refractivity contribution in [1.82, 2.24) is 0 Å². The molecule has 0 heterocycles. The first-order valence-electron chi connectivity index (χ1n) is 5.79. The van der Waals surface area contributed by atoms with Crippen LogP contribution in [0, 0.1) is 6.92 Å². The van der Waals surface area contributed by atoms with E-state index in [-0.39, 0.29) is 6.61 Å². The maximum Gasteiger partial charge on any atom is 0.129 e. The van der Waals surface area contributed by atoms with Crippen LogP contribution in [0.2, 0.25) is 0 Å². The minimum Gasteiger partial charge on any atom is -0.493 e. The van der Waals surface area contributed by atoms with Gasteiger partial charge in [0, 0.05) is 6.61 Å². The molecule has 1 aromatic carbocycles. The maximum absolute atomic E-state index is 8.66. The largest absolute Gasteiger partial charge is 0.493 e. The number of nitrogens with two attached hydrogens (primary N) is 1. The van der Waals surface area contributed by atoms with Crippen molar-refractivity contribution in [3.05, 3.63) is 29.3 Å². The molecular formula is C13H19NO2S. The molecule has 0 radical (unpaired) electrons. The fourth-order valence-electron chi connectivity index (χ4n) is 1.54. The van der Waals surface area contributed by atoms with Gasteiger partial charge in [-0.25, -0.2) is 0 Å². The van der Waals surface area contributed by atoms with Gasteiger partial charge in [0.2, 0.25) is 0 Å². The molecule has 0 aliphatic carbocycles. The minimum absolute atomic E-state index is 0.239. The molecule has 0 bridgehead atoms. The second-order valence-corrected chi connectivity index (χ2v) is 4.44. The lowest BCUT2D eigenvalue weighted by atomic mass is 10.1. The number of aliphatic hydroxyl groups excluding tert-OH is 1. The first-order valence-corrected chi connectivity index (χ1v) is 6.20. The van der Waals surface area contributed by atoms with Crippen molar-refractivity contribution < 1.29 is 9.84 Å². The molecule has 3 nitrogen and oxygen atoms in total. The lowest BCUT2D eigenvalue weighted by Crippen LogP contribution is -2.12. The molecule has 0 aliphatic rings. The van der Waals surface area contributed by atoms with Gasteiger partial charge in [0.05, 0.1) is 12.2 Å². The van der Waals surface area contributed by atoms with E-state index in [1.807, 2.05) is 25.1 Å². The zero-order valence-electron chi connectivity index (χ0n) is 10.1. The molecule has 0 spiro atoms. The predicted molar refractivity (Wildman–Crippen MR) is 73.5 cm³/mol. The van der Waals surface area contributed by atoms with Gasteiger partial charge in [-0.05, 0) is 38.3 Å². The summed E-state index contributed by atoms with van der Waals surface area (Å²) in [4.78, 5) is 0.360. The molecule has 94 valence electrons. The van der Waals surface area contributed by atoms with Gasteiger partial charge in [-0.3, -0.25) is 0 Å². The van der Waals surface area contributed by atoms with Crippen molar-refractivity contribution in [2.24, 2.45) is 5.73 Å². The molecule has 4 heteroatoms. The SMILES string of the molecule is Cc1ccc(OCCCCCO)c(C(N)=S)c1. The minimum atomic E-state index is 0.239. The van der Waals surface area contributed by atoms with E-state index in [0.717, 1.165) is 36.1 Å².